The van der Waals surface area contributed by atoms with Crippen LogP contribution >= 0.6 is 22.6 Å². The summed E-state index contributed by atoms with van der Waals surface area (Å²) in [5, 5.41) is 16.1. The summed E-state index contributed by atoms with van der Waals surface area (Å²) in [6.45, 7) is 7.25. The lowest BCUT2D eigenvalue weighted by Crippen LogP contribution is -2.34. The van der Waals surface area contributed by atoms with Crippen LogP contribution in [0.1, 0.15) is 46.1 Å². The van der Waals surface area contributed by atoms with E-state index in [0.29, 0.717) is 24.1 Å². The molecule has 0 aromatic heterocycles. The van der Waals surface area contributed by atoms with Crippen LogP contribution < -0.4 is 0 Å². The van der Waals surface area contributed by atoms with E-state index in [9.17, 15) is 14.7 Å². The summed E-state index contributed by atoms with van der Waals surface area (Å²) in [4.78, 5) is 24.9. The number of allylic oxidation sites excluding steroid dienone is 1. The lowest BCUT2D eigenvalue weighted by Gasteiger charge is -2.26. The van der Waals surface area contributed by atoms with Crippen LogP contribution in [0.25, 0.3) is 5.76 Å². The molecule has 27 heavy (non-hydrogen) atoms. The van der Waals surface area contributed by atoms with E-state index in [1.165, 1.54) is 7.05 Å². The van der Waals surface area contributed by atoms with Gasteiger partial charge < -0.3 is 9.84 Å². The first-order valence-electron chi connectivity index (χ1n) is 8.75. The molecule has 1 amide bonds. The number of benzene rings is 1. The molecule has 1 N–H and O–H groups in total. The molecule has 1 aliphatic rings. The van der Waals surface area contributed by atoms with E-state index in [1.807, 2.05) is 19.1 Å². The highest BCUT2D eigenvalue weighted by molar-refractivity contribution is 14.1. The van der Waals surface area contributed by atoms with Gasteiger partial charge in [0.1, 0.15) is 11.4 Å². The Hall–Kier alpha value is -1.90. The summed E-state index contributed by atoms with van der Waals surface area (Å²) >= 11 is 2.17. The molecule has 1 fully saturated rings. The van der Waals surface area contributed by atoms with Gasteiger partial charge in [0, 0.05) is 22.6 Å². The maximum absolute atomic E-state index is 12.6. The highest BCUT2D eigenvalue weighted by Crippen LogP contribution is 2.29. The second kappa shape index (κ2) is 8.41. The number of halogens is 1. The molecule has 0 heterocycles. The van der Waals surface area contributed by atoms with Crippen LogP contribution in [-0.2, 0) is 9.53 Å². The zero-order valence-corrected chi connectivity index (χ0v) is 18.4. The number of ether oxygens (including phenoxy) is 1. The van der Waals surface area contributed by atoms with Crippen LogP contribution in [-0.4, -0.2) is 40.4 Å². The second-order valence-electron chi connectivity index (χ2n) is 7.72. The van der Waals surface area contributed by atoms with Crippen LogP contribution in [0.5, 0.6) is 0 Å². The van der Waals surface area contributed by atoms with Crippen molar-refractivity contribution < 1.29 is 19.4 Å². The van der Waals surface area contributed by atoms with Crippen LogP contribution in [0.2, 0.25) is 0 Å². The first-order valence-corrected chi connectivity index (χ1v) is 9.82. The zero-order chi connectivity index (χ0) is 20.4. The van der Waals surface area contributed by atoms with Gasteiger partial charge in [-0.1, -0.05) is 19.1 Å². The van der Waals surface area contributed by atoms with Crippen molar-refractivity contribution in [2.24, 2.45) is 11.0 Å². The quantitative estimate of drug-likeness (QED) is 0.284. The Labute approximate surface area is 173 Å². The van der Waals surface area contributed by atoms with Crippen LogP contribution in [0, 0.1) is 9.49 Å². The molecule has 0 unspecified atom stereocenters. The minimum absolute atomic E-state index is 0.0801. The van der Waals surface area contributed by atoms with Gasteiger partial charge in [-0.3, -0.25) is 4.79 Å². The first kappa shape index (κ1) is 21.4. The predicted molar refractivity (Wildman–Crippen MR) is 114 cm³/mol. The van der Waals surface area contributed by atoms with E-state index in [2.05, 4.69) is 27.7 Å². The van der Waals surface area contributed by atoms with E-state index in [4.69, 9.17) is 4.74 Å². The molecule has 1 saturated carbocycles. The van der Waals surface area contributed by atoms with Gasteiger partial charge >= 0.3 is 6.09 Å². The number of hydrogen-bond donors (Lipinski definition) is 1. The molecule has 0 bridgehead atoms. The third-order valence-electron chi connectivity index (χ3n) is 3.93. The molecule has 7 heteroatoms. The minimum Gasteiger partial charge on any atom is -0.506 e. The summed E-state index contributed by atoms with van der Waals surface area (Å²) in [6.07, 6.45) is 0.204. The van der Waals surface area contributed by atoms with Crippen LogP contribution in [0.3, 0.4) is 0 Å². The standard InChI is InChI=1S/C20H25IN2O4/c1-12-10-15(22-23(5)19(26)27-20(2,3)4)17(16(24)11-12)18(25)13-6-8-14(21)9-7-13/h6-9,12,25H,10-11H2,1-5H3/t12-/m0/s1. The van der Waals surface area contributed by atoms with Crippen molar-refractivity contribution in [2.45, 2.75) is 46.1 Å². The summed E-state index contributed by atoms with van der Waals surface area (Å²) in [5.41, 5.74) is 0.456. The van der Waals surface area contributed by atoms with Crippen molar-refractivity contribution in [3.8, 4) is 0 Å². The Morgan fingerprint density at radius 2 is 1.85 bits per heavy atom. The number of ketones is 1. The van der Waals surface area contributed by atoms with Gasteiger partial charge in [-0.25, -0.2) is 9.80 Å². The maximum Gasteiger partial charge on any atom is 0.430 e. The third kappa shape index (κ3) is 5.79. The van der Waals surface area contributed by atoms with Crippen molar-refractivity contribution in [2.75, 3.05) is 7.05 Å². The minimum atomic E-state index is -0.650. The number of aliphatic hydroxyl groups is 1. The fourth-order valence-corrected chi connectivity index (χ4v) is 3.10. The molecule has 6 nitrogen and oxygen atoms in total. The SMILES string of the molecule is C[C@@H]1CC(=O)C(=C(O)c2ccc(I)cc2)C(=NN(C)C(=O)OC(C)(C)C)C1. The van der Waals surface area contributed by atoms with E-state index in [1.54, 1.807) is 32.9 Å². The lowest BCUT2D eigenvalue weighted by atomic mass is 9.83. The van der Waals surface area contributed by atoms with E-state index in [0.717, 1.165) is 8.58 Å². The normalized spacial score (nSPS) is 21.2. The number of aliphatic hydroxyl groups excluding tert-OH is 1. The molecule has 1 aromatic rings. The molecule has 146 valence electrons. The molecule has 0 saturated heterocycles. The molecule has 1 aliphatic carbocycles. The molecule has 2 rings (SSSR count). The average Bonchev–Trinajstić information content (AvgIpc) is 2.53. The lowest BCUT2D eigenvalue weighted by molar-refractivity contribution is -0.116. The van der Waals surface area contributed by atoms with Crippen LogP contribution in [0.15, 0.2) is 34.9 Å². The summed E-state index contributed by atoms with van der Waals surface area (Å²) < 4.78 is 6.33. The first-order chi connectivity index (χ1) is 12.5. The van der Waals surface area contributed by atoms with Crippen molar-refractivity contribution >= 4 is 45.9 Å². The predicted octanol–water partition coefficient (Wildman–Crippen LogP) is 4.78. The maximum atomic E-state index is 12.6. The van der Waals surface area contributed by atoms with Crippen molar-refractivity contribution in [3.63, 3.8) is 0 Å². The Morgan fingerprint density at radius 3 is 2.41 bits per heavy atom. The highest BCUT2D eigenvalue weighted by atomic mass is 127. The van der Waals surface area contributed by atoms with Gasteiger partial charge in [0.15, 0.2) is 5.78 Å². The summed E-state index contributed by atoms with van der Waals surface area (Å²) in [6, 6.07) is 7.22. The monoisotopic (exact) mass is 484 g/mol. The number of rotatable bonds is 2. The molecule has 0 spiro atoms. The highest BCUT2D eigenvalue weighted by Gasteiger charge is 2.31. The van der Waals surface area contributed by atoms with Crippen LogP contribution in [0.4, 0.5) is 4.79 Å². The van der Waals surface area contributed by atoms with Crippen molar-refractivity contribution in [3.05, 3.63) is 39.0 Å². The van der Waals surface area contributed by atoms with Gasteiger partial charge in [0.2, 0.25) is 0 Å². The molecule has 0 aliphatic heterocycles. The Balaban J connectivity index is 2.43. The number of carbonyl (C=O) groups excluding carboxylic acids is 2. The van der Waals surface area contributed by atoms with Crippen molar-refractivity contribution in [1.82, 2.24) is 5.01 Å². The number of hydrogen-bond acceptors (Lipinski definition) is 5. The number of carbonyl (C=O) groups is 2. The van der Waals surface area contributed by atoms with Gasteiger partial charge in [0.25, 0.3) is 0 Å². The van der Waals surface area contributed by atoms with Crippen molar-refractivity contribution in [1.29, 1.82) is 0 Å². The molecular formula is C20H25IN2O4. The number of Topliss-reactive ketones (excluding diaryl/α,β-unsaturated/α-hetero) is 1. The molecule has 0 radical (unpaired) electrons. The zero-order valence-electron chi connectivity index (χ0n) is 16.2. The van der Waals surface area contributed by atoms with E-state index in [-0.39, 0.29) is 23.0 Å². The molecule has 1 atom stereocenters. The fourth-order valence-electron chi connectivity index (χ4n) is 2.75. The van der Waals surface area contributed by atoms with E-state index >= 15 is 0 Å². The topological polar surface area (TPSA) is 79.2 Å². The van der Waals surface area contributed by atoms with Gasteiger partial charge in [-0.15, -0.1) is 0 Å². The van der Waals surface area contributed by atoms with Gasteiger partial charge in [-0.2, -0.15) is 5.10 Å². The van der Waals surface area contributed by atoms with Gasteiger partial charge in [-0.05, 0) is 67.8 Å². The number of hydrazone groups is 1. The average molecular weight is 484 g/mol. The Morgan fingerprint density at radius 1 is 1.26 bits per heavy atom. The van der Waals surface area contributed by atoms with Gasteiger partial charge in [0.05, 0.1) is 11.3 Å². The Bertz CT molecular complexity index is 791. The summed E-state index contributed by atoms with van der Waals surface area (Å²) in [5.74, 6) is -0.211. The fraction of sp³-hybridized carbons (Fsp3) is 0.450. The summed E-state index contributed by atoms with van der Waals surface area (Å²) in [7, 11) is 1.48. The largest absolute Gasteiger partial charge is 0.506 e. The Kier molecular flexibility index (Phi) is 6.67. The molecular weight excluding hydrogens is 459 g/mol. The third-order valence-corrected chi connectivity index (χ3v) is 4.65. The molecule has 1 aromatic carbocycles. The van der Waals surface area contributed by atoms with E-state index < -0.39 is 11.7 Å². The smallest absolute Gasteiger partial charge is 0.430 e. The number of nitrogens with zero attached hydrogens (tertiary/aromatic N) is 2. The second-order valence-corrected chi connectivity index (χ2v) is 8.96. The number of amides is 1.